The topological polar surface area (TPSA) is 43.6 Å². The SMILES string of the molecule is O=c1/c(=C/c2cc(Br)c(OCc3cccc4ccccc34)c(Br)c2)sc2n1[C@@H](c1cccs1)C1=C(N=2)c2ccccc2CC1. The zero-order valence-corrected chi connectivity index (χ0v) is 28.1. The van der Waals surface area contributed by atoms with Crippen LogP contribution in [0.3, 0.4) is 0 Å². The highest BCUT2D eigenvalue weighted by Gasteiger charge is 2.33. The summed E-state index contributed by atoms with van der Waals surface area (Å²) >= 11 is 10.6. The van der Waals surface area contributed by atoms with Crippen molar-refractivity contribution in [2.45, 2.75) is 25.5 Å². The van der Waals surface area contributed by atoms with Crippen LogP contribution in [-0.4, -0.2) is 4.57 Å². The van der Waals surface area contributed by atoms with E-state index >= 15 is 0 Å². The van der Waals surface area contributed by atoms with Crippen LogP contribution >= 0.6 is 54.5 Å². The molecule has 0 N–H and O–H groups in total. The van der Waals surface area contributed by atoms with Crippen molar-refractivity contribution in [2.75, 3.05) is 0 Å². The van der Waals surface area contributed by atoms with Gasteiger partial charge in [-0.3, -0.25) is 9.36 Å². The second-order valence-electron chi connectivity index (χ2n) is 10.9. The molecule has 0 bridgehead atoms. The van der Waals surface area contributed by atoms with Crippen LogP contribution in [0.4, 0.5) is 0 Å². The standard InChI is InChI=1S/C36H24Br2N2O2S2/c37-28-17-21(18-29(38)34(28)42-20-24-10-5-9-22-7-1-3-11-25(22)24)19-31-35(41)40-33(30-13-6-16-43-30)27-15-14-23-8-2-4-12-26(23)32(27)39-36(40)44-31/h1-13,16-19,33H,14-15,20H2/b31-19-/t33-/m1/s1. The number of hydrogen-bond donors (Lipinski definition) is 0. The summed E-state index contributed by atoms with van der Waals surface area (Å²) in [5.74, 6) is 0.723. The summed E-state index contributed by atoms with van der Waals surface area (Å²) in [6.45, 7) is 0.438. The minimum absolute atomic E-state index is 0.0129. The Bertz CT molecular complexity index is 2270. The van der Waals surface area contributed by atoms with E-state index < -0.39 is 0 Å². The fraction of sp³-hybridized carbons (Fsp3) is 0.111. The maximum absolute atomic E-state index is 14.1. The Morgan fingerprint density at radius 1 is 0.932 bits per heavy atom. The van der Waals surface area contributed by atoms with E-state index in [4.69, 9.17) is 9.73 Å². The fourth-order valence-corrected chi connectivity index (χ4v) is 9.54. The molecule has 8 rings (SSSR count). The molecule has 3 heterocycles. The number of aryl methyl sites for hydroxylation is 1. The van der Waals surface area contributed by atoms with E-state index in [2.05, 4.69) is 104 Å². The molecule has 1 aliphatic heterocycles. The van der Waals surface area contributed by atoms with Crippen LogP contribution in [0.1, 0.15) is 39.6 Å². The lowest BCUT2D eigenvalue weighted by molar-refractivity contribution is 0.303. The first-order valence-electron chi connectivity index (χ1n) is 14.3. The highest BCUT2D eigenvalue weighted by atomic mass is 79.9. The molecule has 1 aliphatic carbocycles. The second-order valence-corrected chi connectivity index (χ2v) is 14.6. The van der Waals surface area contributed by atoms with Crippen LogP contribution in [0.15, 0.2) is 121 Å². The summed E-state index contributed by atoms with van der Waals surface area (Å²) in [7, 11) is 0. The summed E-state index contributed by atoms with van der Waals surface area (Å²) in [6, 6.07) is 31.2. The second kappa shape index (κ2) is 11.4. The predicted octanol–water partition coefficient (Wildman–Crippen LogP) is 8.64. The lowest BCUT2D eigenvalue weighted by atomic mass is 9.85. The van der Waals surface area contributed by atoms with Crippen molar-refractivity contribution in [3.63, 3.8) is 0 Å². The molecular formula is C36H24Br2N2O2S2. The number of benzene rings is 4. The number of aromatic nitrogens is 1. The van der Waals surface area contributed by atoms with Gasteiger partial charge in [0.05, 0.1) is 25.2 Å². The third-order valence-electron chi connectivity index (χ3n) is 8.26. The summed E-state index contributed by atoms with van der Waals surface area (Å²) in [5, 5.41) is 4.46. The van der Waals surface area contributed by atoms with Gasteiger partial charge in [0.25, 0.3) is 5.56 Å². The predicted molar refractivity (Wildman–Crippen MR) is 187 cm³/mol. The molecule has 0 unspecified atom stereocenters. The van der Waals surface area contributed by atoms with Gasteiger partial charge in [-0.05, 0) is 107 Å². The van der Waals surface area contributed by atoms with Crippen molar-refractivity contribution >= 4 is 77.1 Å². The summed E-state index contributed by atoms with van der Waals surface area (Å²) < 4.78 is 10.5. The molecule has 2 aliphatic rings. The quantitative estimate of drug-likeness (QED) is 0.178. The molecular weight excluding hydrogens is 716 g/mol. The Balaban J connectivity index is 1.18. The molecule has 6 aromatic rings. The number of thiophene rings is 1. The summed E-state index contributed by atoms with van der Waals surface area (Å²) in [6.07, 6.45) is 3.80. The van der Waals surface area contributed by atoms with E-state index in [0.29, 0.717) is 11.1 Å². The van der Waals surface area contributed by atoms with E-state index in [-0.39, 0.29) is 11.6 Å². The van der Waals surface area contributed by atoms with Gasteiger partial charge in [0.2, 0.25) is 0 Å². The lowest BCUT2D eigenvalue weighted by Gasteiger charge is -2.30. The van der Waals surface area contributed by atoms with Crippen LogP contribution in [-0.2, 0) is 13.0 Å². The molecule has 8 heteroatoms. The van der Waals surface area contributed by atoms with Gasteiger partial charge in [-0.1, -0.05) is 84.1 Å². The molecule has 4 nitrogen and oxygen atoms in total. The number of hydrogen-bond acceptors (Lipinski definition) is 5. The smallest absolute Gasteiger partial charge is 0.271 e. The molecule has 0 radical (unpaired) electrons. The average Bonchev–Trinajstić information content (AvgIpc) is 3.68. The fourth-order valence-electron chi connectivity index (χ4n) is 6.24. The maximum atomic E-state index is 14.1. The molecule has 0 amide bonds. The molecule has 0 spiro atoms. The van der Waals surface area contributed by atoms with Gasteiger partial charge < -0.3 is 4.74 Å². The van der Waals surface area contributed by atoms with Crippen molar-refractivity contribution < 1.29 is 4.74 Å². The number of fused-ring (bicyclic) bond motifs is 4. The molecule has 0 fully saturated rings. The highest BCUT2D eigenvalue weighted by molar-refractivity contribution is 9.11. The van der Waals surface area contributed by atoms with E-state index in [9.17, 15) is 4.79 Å². The van der Waals surface area contributed by atoms with Crippen LogP contribution in [0.2, 0.25) is 0 Å². The zero-order chi connectivity index (χ0) is 29.8. The first-order chi connectivity index (χ1) is 21.5. The van der Waals surface area contributed by atoms with Crippen LogP contribution < -0.4 is 19.6 Å². The largest absolute Gasteiger partial charge is 0.487 e. The van der Waals surface area contributed by atoms with E-state index in [1.54, 1.807) is 11.3 Å². The Hall–Kier alpha value is -3.56. The van der Waals surface area contributed by atoms with Gasteiger partial charge in [0, 0.05) is 10.4 Å². The third kappa shape index (κ3) is 4.85. The van der Waals surface area contributed by atoms with Crippen molar-refractivity contribution in [1.82, 2.24) is 4.57 Å². The average molecular weight is 741 g/mol. The first kappa shape index (κ1) is 28.0. The number of ether oxygens (including phenoxy) is 1. The van der Waals surface area contributed by atoms with Crippen molar-refractivity contribution in [2.24, 2.45) is 4.99 Å². The molecule has 4 aromatic carbocycles. The Labute approximate surface area is 278 Å². The van der Waals surface area contributed by atoms with Gasteiger partial charge in [0.1, 0.15) is 12.4 Å². The lowest BCUT2D eigenvalue weighted by Crippen LogP contribution is -2.38. The maximum Gasteiger partial charge on any atom is 0.271 e. The van der Waals surface area contributed by atoms with E-state index in [1.165, 1.54) is 38.8 Å². The normalized spacial score (nSPS) is 16.0. The van der Waals surface area contributed by atoms with Gasteiger partial charge in [-0.25, -0.2) is 4.99 Å². The number of thiazole rings is 1. The van der Waals surface area contributed by atoms with Crippen LogP contribution in [0.25, 0.3) is 22.5 Å². The summed E-state index contributed by atoms with van der Waals surface area (Å²) in [4.78, 5) is 21.1. The molecule has 0 saturated heterocycles. The van der Waals surface area contributed by atoms with Crippen LogP contribution in [0, 0.1) is 0 Å². The Morgan fingerprint density at radius 2 is 1.73 bits per heavy atom. The zero-order valence-electron chi connectivity index (χ0n) is 23.3. The first-order valence-corrected chi connectivity index (χ1v) is 17.6. The van der Waals surface area contributed by atoms with Crippen LogP contribution in [0.5, 0.6) is 5.75 Å². The van der Waals surface area contributed by atoms with E-state index in [0.717, 1.165) is 54.0 Å². The number of halogens is 2. The minimum Gasteiger partial charge on any atom is -0.487 e. The minimum atomic E-state index is -0.139. The Kier molecular flexibility index (Phi) is 7.25. The summed E-state index contributed by atoms with van der Waals surface area (Å²) in [5.41, 5.74) is 6.75. The van der Waals surface area contributed by atoms with Gasteiger partial charge >= 0.3 is 0 Å². The molecule has 44 heavy (non-hydrogen) atoms. The highest BCUT2D eigenvalue weighted by Crippen LogP contribution is 2.42. The number of rotatable bonds is 5. The molecule has 1 atom stereocenters. The van der Waals surface area contributed by atoms with Gasteiger partial charge in [0.15, 0.2) is 4.80 Å². The van der Waals surface area contributed by atoms with Gasteiger partial charge in [-0.2, -0.15) is 0 Å². The molecule has 2 aromatic heterocycles. The van der Waals surface area contributed by atoms with Gasteiger partial charge in [-0.15, -0.1) is 11.3 Å². The molecule has 216 valence electrons. The third-order valence-corrected chi connectivity index (χ3v) is 11.3. The Morgan fingerprint density at radius 3 is 2.57 bits per heavy atom. The molecule has 0 saturated carbocycles. The monoisotopic (exact) mass is 738 g/mol. The number of allylic oxidation sites excluding steroid dienone is 1. The van der Waals surface area contributed by atoms with Crippen molar-refractivity contribution in [1.29, 1.82) is 0 Å². The van der Waals surface area contributed by atoms with E-state index in [1.807, 2.05) is 34.9 Å². The number of nitrogens with zero attached hydrogens (tertiary/aromatic N) is 2. The van der Waals surface area contributed by atoms with Crippen molar-refractivity contribution in [3.8, 4) is 5.75 Å². The van der Waals surface area contributed by atoms with Crippen molar-refractivity contribution in [3.05, 3.63) is 158 Å².